The fourth-order valence-corrected chi connectivity index (χ4v) is 4.48. The Morgan fingerprint density at radius 3 is 1.55 bits per heavy atom. The van der Waals surface area contributed by atoms with Crippen LogP contribution in [-0.4, -0.2) is 95.7 Å². The third-order valence-corrected chi connectivity index (χ3v) is 6.66. The second kappa shape index (κ2) is 19.8. The summed E-state index contributed by atoms with van der Waals surface area (Å²) in [4.78, 5) is 96.1. The largest absolute Gasteiger partial charge is 0.393 e. The molecular formula is C26H42N6O10. The van der Waals surface area contributed by atoms with E-state index in [0.717, 1.165) is 0 Å². The van der Waals surface area contributed by atoms with Crippen molar-refractivity contribution in [2.45, 2.75) is 77.8 Å². The van der Waals surface area contributed by atoms with Crippen molar-refractivity contribution in [2.75, 3.05) is 26.2 Å². The number of likely N-dealkylation sites (tertiary alicyclic amines) is 2. The van der Waals surface area contributed by atoms with Crippen LogP contribution in [0, 0.1) is 11.8 Å². The molecule has 3 saturated heterocycles. The van der Waals surface area contributed by atoms with Gasteiger partial charge in [0.2, 0.25) is 29.5 Å². The third-order valence-electron chi connectivity index (χ3n) is 6.66. The van der Waals surface area contributed by atoms with Gasteiger partial charge >= 0.3 is 18.1 Å². The Hall–Kier alpha value is -4.17. The summed E-state index contributed by atoms with van der Waals surface area (Å²) in [7, 11) is 0. The molecule has 3 fully saturated rings. The Kier molecular flexibility index (Phi) is 17.9. The number of nitrogens with zero attached hydrogens (tertiary/aromatic N) is 2. The molecule has 3 rings (SSSR count). The van der Waals surface area contributed by atoms with E-state index in [9.17, 15) is 33.6 Å². The summed E-state index contributed by atoms with van der Waals surface area (Å²) in [6, 6.07) is -0.983. The molecule has 0 spiro atoms. The highest BCUT2D eigenvalue weighted by atomic mass is 16.6. The molecule has 0 radical (unpaired) electrons. The fraction of sp³-hybridized carbons (Fsp3) is 0.692. The predicted molar refractivity (Wildman–Crippen MR) is 144 cm³/mol. The number of cyclic esters (lactones) is 2. The van der Waals surface area contributed by atoms with Gasteiger partial charge in [-0.05, 0) is 25.3 Å². The molecule has 16 nitrogen and oxygen atoms in total. The molecule has 3 aliphatic heterocycles. The molecule has 7 N–H and O–H groups in total. The van der Waals surface area contributed by atoms with Gasteiger partial charge in [0, 0.05) is 44.8 Å². The number of nitrogens with one attached hydrogen (secondary N) is 1. The van der Waals surface area contributed by atoms with Crippen molar-refractivity contribution in [2.24, 2.45) is 29.0 Å². The van der Waals surface area contributed by atoms with Gasteiger partial charge < -0.3 is 37.1 Å². The highest BCUT2D eigenvalue weighted by molar-refractivity contribution is 5.92. The molecule has 0 aromatic heterocycles. The lowest BCUT2D eigenvalue weighted by Crippen LogP contribution is -2.45. The van der Waals surface area contributed by atoms with E-state index in [1.165, 1.54) is 4.90 Å². The van der Waals surface area contributed by atoms with Gasteiger partial charge in [-0.2, -0.15) is 9.59 Å². The van der Waals surface area contributed by atoms with Crippen molar-refractivity contribution in [1.82, 2.24) is 15.1 Å². The molecule has 0 aliphatic carbocycles. The van der Waals surface area contributed by atoms with Crippen LogP contribution in [0.3, 0.4) is 0 Å². The number of esters is 2. The smallest absolute Gasteiger partial charge is 0.373 e. The van der Waals surface area contributed by atoms with Gasteiger partial charge in [0.25, 0.3) is 0 Å². The molecule has 16 heteroatoms. The lowest BCUT2D eigenvalue weighted by Gasteiger charge is -2.24. The van der Waals surface area contributed by atoms with Gasteiger partial charge in [-0.15, -0.1) is 0 Å². The number of hydrogen-bond acceptors (Lipinski definition) is 11. The minimum absolute atomic E-state index is 0.00824. The van der Waals surface area contributed by atoms with E-state index in [0.29, 0.717) is 58.3 Å². The number of hydrogen-bond donors (Lipinski definition) is 4. The summed E-state index contributed by atoms with van der Waals surface area (Å²) in [6.45, 7) is 7.47. The predicted octanol–water partition coefficient (Wildman–Crippen LogP) is -2.05. The molecule has 2 unspecified atom stereocenters. The van der Waals surface area contributed by atoms with E-state index in [4.69, 9.17) is 26.8 Å². The van der Waals surface area contributed by atoms with Crippen LogP contribution in [0.4, 0.5) is 0 Å². The van der Waals surface area contributed by atoms with Crippen LogP contribution in [0.2, 0.25) is 0 Å². The summed E-state index contributed by atoms with van der Waals surface area (Å²) in [5, 5.41) is 2.77. The van der Waals surface area contributed by atoms with Crippen LogP contribution < -0.4 is 22.5 Å². The maximum atomic E-state index is 11.8. The van der Waals surface area contributed by atoms with E-state index >= 15 is 0 Å². The molecule has 5 amide bonds. The number of carbonyl (C=O) groups is 7. The zero-order valence-corrected chi connectivity index (χ0v) is 24.3. The first-order chi connectivity index (χ1) is 19.8. The van der Waals surface area contributed by atoms with Crippen LogP contribution in [0.1, 0.15) is 65.7 Å². The second-order valence-corrected chi connectivity index (χ2v) is 9.71. The summed E-state index contributed by atoms with van der Waals surface area (Å²) >= 11 is 0. The van der Waals surface area contributed by atoms with E-state index in [-0.39, 0.29) is 48.6 Å². The van der Waals surface area contributed by atoms with Crippen molar-refractivity contribution in [3.63, 3.8) is 0 Å². The Balaban J connectivity index is 0.000000616. The van der Waals surface area contributed by atoms with Crippen LogP contribution in [0.15, 0.2) is 0 Å². The van der Waals surface area contributed by atoms with Crippen molar-refractivity contribution >= 4 is 47.6 Å². The van der Waals surface area contributed by atoms with Crippen LogP contribution in [0.25, 0.3) is 0 Å². The minimum Gasteiger partial charge on any atom is -0.393 e. The lowest BCUT2D eigenvalue weighted by molar-refractivity contribution is -0.192. The summed E-state index contributed by atoms with van der Waals surface area (Å²) in [5.74, 6) is -1.54. The number of primary amides is 2. The van der Waals surface area contributed by atoms with Crippen molar-refractivity contribution in [1.29, 1.82) is 0 Å². The number of nitrogens with two attached hydrogens (primary N) is 3. The molecule has 4 atom stereocenters. The first kappa shape index (κ1) is 37.8. The van der Waals surface area contributed by atoms with Crippen molar-refractivity contribution in [3.8, 4) is 0 Å². The molecule has 0 bridgehead atoms. The molecular weight excluding hydrogens is 556 g/mol. The maximum absolute atomic E-state index is 11.8. The van der Waals surface area contributed by atoms with E-state index in [1.807, 2.05) is 13.8 Å². The lowest BCUT2D eigenvalue weighted by atomic mass is 10.1. The molecule has 236 valence electrons. The van der Waals surface area contributed by atoms with Gasteiger partial charge in [0.05, 0.1) is 12.8 Å². The van der Waals surface area contributed by atoms with Crippen molar-refractivity contribution in [3.05, 3.63) is 0 Å². The van der Waals surface area contributed by atoms with Gasteiger partial charge in [0.15, 0.2) is 0 Å². The van der Waals surface area contributed by atoms with E-state index < -0.39 is 35.8 Å². The Bertz CT molecular complexity index is 1000. The monoisotopic (exact) mass is 598 g/mol. The zero-order valence-electron chi connectivity index (χ0n) is 24.3. The van der Waals surface area contributed by atoms with Gasteiger partial charge in [0.1, 0.15) is 12.1 Å². The summed E-state index contributed by atoms with van der Waals surface area (Å²) in [5.41, 5.74) is 16.0. The van der Waals surface area contributed by atoms with Crippen LogP contribution in [-0.2, 0) is 47.9 Å². The van der Waals surface area contributed by atoms with Crippen molar-refractivity contribution < 1.29 is 47.9 Å². The average Bonchev–Trinajstić information content (AvgIpc) is 3.62. The van der Waals surface area contributed by atoms with Crippen LogP contribution >= 0.6 is 0 Å². The third kappa shape index (κ3) is 13.0. The van der Waals surface area contributed by atoms with Crippen LogP contribution in [0.5, 0.6) is 0 Å². The standard InChI is InChI=1S/C12H21N3O3.C9H17N3O2.C4H4O3.CO2/c1-3-9(12(13)18)15-7-8(5-11(15)17)6-14-10(16)4-2;1-2-7(9(11)14)12-5-6(4-10)3-8(12)13;5-3-1-2-4(6)7-3;2-1-3/h8-9H,3-7H2,1-2H3,(H2,13,18)(H,14,16);6-7H,2-5,10H2,1H3,(H2,11,14);1-2H2;/t8?,9-;6?,7-;;/m00../s1. The maximum Gasteiger partial charge on any atom is 0.373 e. The zero-order chi connectivity index (χ0) is 32.4. The SMILES string of the molecule is CCC(=O)NCC1CC(=O)N([C@@H](CC)C(N)=O)C1.CC[C@@H](C(N)=O)N1CC(CN)CC1=O.O=C1CCC(=O)O1.O=C=O. The first-order valence-corrected chi connectivity index (χ1v) is 13.7. The highest BCUT2D eigenvalue weighted by Crippen LogP contribution is 2.21. The number of rotatable bonds is 10. The van der Waals surface area contributed by atoms with E-state index in [2.05, 4.69) is 10.1 Å². The summed E-state index contributed by atoms with van der Waals surface area (Å²) < 4.78 is 4.08. The molecule has 0 saturated carbocycles. The van der Waals surface area contributed by atoms with Gasteiger partial charge in [-0.3, -0.25) is 33.6 Å². The molecule has 0 aromatic carbocycles. The minimum atomic E-state index is -0.524. The highest BCUT2D eigenvalue weighted by Gasteiger charge is 2.36. The quantitative estimate of drug-likeness (QED) is 0.157. The fourth-order valence-electron chi connectivity index (χ4n) is 4.48. The Labute approximate surface area is 244 Å². The van der Waals surface area contributed by atoms with Gasteiger partial charge in [-0.25, -0.2) is 0 Å². The molecule has 3 aliphatic rings. The Morgan fingerprint density at radius 1 is 0.857 bits per heavy atom. The Morgan fingerprint density at radius 2 is 1.26 bits per heavy atom. The number of ether oxygens (including phenoxy) is 1. The first-order valence-electron chi connectivity index (χ1n) is 13.7. The normalized spacial score (nSPS) is 20.5. The average molecular weight is 599 g/mol. The molecule has 3 heterocycles. The molecule has 0 aromatic rings. The molecule has 42 heavy (non-hydrogen) atoms. The topological polar surface area (TPSA) is 259 Å². The number of amides is 5. The summed E-state index contributed by atoms with van der Waals surface area (Å²) in [6.07, 6.45) is 3.11. The van der Waals surface area contributed by atoms with E-state index in [1.54, 1.807) is 11.8 Å². The van der Waals surface area contributed by atoms with Gasteiger partial charge in [-0.1, -0.05) is 20.8 Å². The second-order valence-electron chi connectivity index (χ2n) is 9.71. The number of carbonyl (C=O) groups excluding carboxylic acids is 9.